The molecule has 1 N–H and O–H groups in total. The molecule has 5 nitrogen and oxygen atoms in total. The molecule has 1 aliphatic rings. The number of anilines is 1. The molecule has 1 atom stereocenters. The van der Waals surface area contributed by atoms with E-state index in [-0.39, 0.29) is 12.0 Å². The lowest BCUT2D eigenvalue weighted by Gasteiger charge is -2.10. The number of nitrogens with one attached hydrogen (secondary N) is 1. The Morgan fingerprint density at radius 2 is 2.04 bits per heavy atom. The molecule has 3 aromatic rings. The Labute approximate surface area is 147 Å². The summed E-state index contributed by atoms with van der Waals surface area (Å²) in [7, 11) is 0. The predicted molar refractivity (Wildman–Crippen MR) is 95.9 cm³/mol. The van der Waals surface area contributed by atoms with Gasteiger partial charge in [-0.2, -0.15) is 0 Å². The number of pyridine rings is 1. The summed E-state index contributed by atoms with van der Waals surface area (Å²) in [5.74, 6) is -0.0832. The largest absolute Gasteiger partial charge is 0.368 e. The number of hydrogen-bond donors (Lipinski definition) is 1. The van der Waals surface area contributed by atoms with Crippen molar-refractivity contribution in [3.05, 3.63) is 53.3 Å². The van der Waals surface area contributed by atoms with Crippen LogP contribution < -0.4 is 5.32 Å². The Morgan fingerprint density at radius 1 is 1.21 bits per heavy atom. The van der Waals surface area contributed by atoms with Crippen LogP contribution in [0.25, 0.3) is 16.9 Å². The standard InChI is InChI=1S/C18H16BrN3O2/c19-13-5-3-12(4-6-13)15-11-22-10-14(7-8-17(22)21-15)20-18(23)16-2-1-9-24-16/h3-8,10-11,16H,1-2,9H2,(H,20,23). The number of halogens is 1. The van der Waals surface area contributed by atoms with Crippen molar-refractivity contribution in [2.24, 2.45) is 0 Å². The Hall–Kier alpha value is -2.18. The molecular formula is C18H16BrN3O2. The Morgan fingerprint density at radius 3 is 2.79 bits per heavy atom. The maximum Gasteiger partial charge on any atom is 0.253 e. The second-order valence-corrected chi connectivity index (χ2v) is 6.72. The number of carbonyl (C=O) groups excluding carboxylic acids is 1. The third kappa shape index (κ3) is 3.07. The van der Waals surface area contributed by atoms with Gasteiger partial charge in [0, 0.05) is 29.0 Å². The van der Waals surface area contributed by atoms with Gasteiger partial charge in [0.25, 0.3) is 5.91 Å². The van der Waals surface area contributed by atoms with E-state index in [1.807, 2.05) is 53.2 Å². The lowest BCUT2D eigenvalue weighted by Crippen LogP contribution is -2.26. The van der Waals surface area contributed by atoms with Gasteiger partial charge in [-0.15, -0.1) is 0 Å². The highest BCUT2D eigenvalue weighted by molar-refractivity contribution is 9.10. The fourth-order valence-corrected chi connectivity index (χ4v) is 3.10. The highest BCUT2D eigenvalue weighted by Gasteiger charge is 2.23. The van der Waals surface area contributed by atoms with Crippen molar-refractivity contribution in [1.29, 1.82) is 0 Å². The van der Waals surface area contributed by atoms with Gasteiger partial charge >= 0.3 is 0 Å². The Bertz CT molecular complexity index is 883. The molecule has 0 aliphatic carbocycles. The molecule has 0 spiro atoms. The molecule has 1 amide bonds. The minimum atomic E-state index is -0.332. The molecule has 122 valence electrons. The fourth-order valence-electron chi connectivity index (χ4n) is 2.83. The molecule has 2 aromatic heterocycles. The molecule has 4 rings (SSSR count). The third-order valence-corrected chi connectivity index (χ3v) is 4.61. The summed E-state index contributed by atoms with van der Waals surface area (Å²) in [6, 6.07) is 11.8. The SMILES string of the molecule is O=C(Nc1ccc2nc(-c3ccc(Br)cc3)cn2c1)C1CCCO1. The lowest BCUT2D eigenvalue weighted by atomic mass is 10.2. The molecule has 1 unspecified atom stereocenters. The molecule has 0 bridgehead atoms. The summed E-state index contributed by atoms with van der Waals surface area (Å²) in [6.07, 6.45) is 5.22. The van der Waals surface area contributed by atoms with Gasteiger partial charge in [0.2, 0.25) is 0 Å². The van der Waals surface area contributed by atoms with Crippen LogP contribution in [0.5, 0.6) is 0 Å². The smallest absolute Gasteiger partial charge is 0.253 e. The van der Waals surface area contributed by atoms with E-state index in [0.29, 0.717) is 6.61 Å². The van der Waals surface area contributed by atoms with Gasteiger partial charge in [-0.25, -0.2) is 4.98 Å². The average Bonchev–Trinajstić information content (AvgIpc) is 3.24. The number of fused-ring (bicyclic) bond motifs is 1. The molecular weight excluding hydrogens is 370 g/mol. The number of nitrogens with zero attached hydrogens (tertiary/aromatic N) is 2. The van der Waals surface area contributed by atoms with E-state index in [0.717, 1.165) is 39.9 Å². The lowest BCUT2D eigenvalue weighted by molar-refractivity contribution is -0.124. The van der Waals surface area contributed by atoms with Crippen molar-refractivity contribution >= 4 is 33.2 Å². The second-order valence-electron chi connectivity index (χ2n) is 5.81. The van der Waals surface area contributed by atoms with E-state index < -0.39 is 0 Å². The molecule has 1 fully saturated rings. The monoisotopic (exact) mass is 385 g/mol. The summed E-state index contributed by atoms with van der Waals surface area (Å²) in [4.78, 5) is 16.8. The van der Waals surface area contributed by atoms with Gasteiger partial charge in [0.15, 0.2) is 0 Å². The van der Waals surface area contributed by atoms with Crippen LogP contribution in [-0.2, 0) is 9.53 Å². The van der Waals surface area contributed by atoms with Gasteiger partial charge in [-0.05, 0) is 37.1 Å². The highest BCUT2D eigenvalue weighted by atomic mass is 79.9. The molecule has 3 heterocycles. The molecule has 24 heavy (non-hydrogen) atoms. The van der Waals surface area contributed by atoms with Crippen LogP contribution in [0.2, 0.25) is 0 Å². The topological polar surface area (TPSA) is 55.6 Å². The zero-order valence-electron chi connectivity index (χ0n) is 12.9. The molecule has 1 aromatic carbocycles. The van der Waals surface area contributed by atoms with Gasteiger partial charge in [-0.3, -0.25) is 4.79 Å². The number of imidazole rings is 1. The number of carbonyl (C=O) groups is 1. The fraction of sp³-hybridized carbons (Fsp3) is 0.222. The maximum absolute atomic E-state index is 12.1. The number of aromatic nitrogens is 2. The molecule has 6 heteroatoms. The van der Waals surface area contributed by atoms with E-state index in [1.165, 1.54) is 0 Å². The van der Waals surface area contributed by atoms with Crippen LogP contribution in [0.4, 0.5) is 5.69 Å². The van der Waals surface area contributed by atoms with E-state index in [1.54, 1.807) is 0 Å². The number of amides is 1. The van der Waals surface area contributed by atoms with E-state index in [4.69, 9.17) is 4.74 Å². The van der Waals surface area contributed by atoms with Crippen molar-refractivity contribution < 1.29 is 9.53 Å². The first-order valence-corrected chi connectivity index (χ1v) is 8.65. The van der Waals surface area contributed by atoms with Gasteiger partial charge in [-0.1, -0.05) is 28.1 Å². The van der Waals surface area contributed by atoms with Gasteiger partial charge < -0.3 is 14.5 Å². The first-order chi connectivity index (χ1) is 11.7. The Kier molecular flexibility index (Phi) is 4.08. The first-order valence-electron chi connectivity index (χ1n) is 7.86. The van der Waals surface area contributed by atoms with Gasteiger partial charge in [0.05, 0.1) is 11.4 Å². The highest BCUT2D eigenvalue weighted by Crippen LogP contribution is 2.23. The van der Waals surface area contributed by atoms with Crippen LogP contribution >= 0.6 is 15.9 Å². The summed E-state index contributed by atoms with van der Waals surface area (Å²) in [5.41, 5.74) is 3.52. The minimum Gasteiger partial charge on any atom is -0.368 e. The quantitative estimate of drug-likeness (QED) is 0.743. The second kappa shape index (κ2) is 6.37. The molecule has 0 radical (unpaired) electrons. The van der Waals surface area contributed by atoms with Gasteiger partial charge in [0.1, 0.15) is 11.8 Å². The molecule has 0 saturated carbocycles. The van der Waals surface area contributed by atoms with Crippen molar-refractivity contribution in [2.45, 2.75) is 18.9 Å². The van der Waals surface area contributed by atoms with Crippen LogP contribution in [0.1, 0.15) is 12.8 Å². The van der Waals surface area contributed by atoms with Crippen LogP contribution in [0, 0.1) is 0 Å². The number of benzene rings is 1. The number of rotatable bonds is 3. The third-order valence-electron chi connectivity index (χ3n) is 4.08. The van der Waals surface area contributed by atoms with E-state index >= 15 is 0 Å². The average molecular weight is 386 g/mol. The normalized spacial score (nSPS) is 17.3. The van der Waals surface area contributed by atoms with Crippen molar-refractivity contribution in [3.63, 3.8) is 0 Å². The minimum absolute atomic E-state index is 0.0832. The molecule has 1 aliphatic heterocycles. The van der Waals surface area contributed by atoms with Crippen molar-refractivity contribution in [2.75, 3.05) is 11.9 Å². The van der Waals surface area contributed by atoms with Crippen molar-refractivity contribution in [1.82, 2.24) is 9.38 Å². The molecule has 1 saturated heterocycles. The number of hydrogen-bond acceptors (Lipinski definition) is 3. The first kappa shape index (κ1) is 15.4. The number of ether oxygens (including phenoxy) is 1. The van der Waals surface area contributed by atoms with E-state index in [9.17, 15) is 4.79 Å². The summed E-state index contributed by atoms with van der Waals surface area (Å²) in [5, 5.41) is 2.91. The summed E-state index contributed by atoms with van der Waals surface area (Å²) < 4.78 is 8.37. The van der Waals surface area contributed by atoms with Crippen LogP contribution in [0.3, 0.4) is 0 Å². The Balaban J connectivity index is 1.58. The predicted octanol–water partition coefficient (Wildman–Crippen LogP) is 3.88. The zero-order chi connectivity index (χ0) is 16.5. The van der Waals surface area contributed by atoms with E-state index in [2.05, 4.69) is 26.2 Å². The van der Waals surface area contributed by atoms with Crippen LogP contribution in [0.15, 0.2) is 53.3 Å². The zero-order valence-corrected chi connectivity index (χ0v) is 14.5. The van der Waals surface area contributed by atoms with Crippen molar-refractivity contribution in [3.8, 4) is 11.3 Å². The summed E-state index contributed by atoms with van der Waals surface area (Å²) >= 11 is 3.44. The maximum atomic E-state index is 12.1. The summed E-state index contributed by atoms with van der Waals surface area (Å²) in [6.45, 7) is 0.662. The van der Waals surface area contributed by atoms with Crippen LogP contribution in [-0.4, -0.2) is 28.0 Å².